The van der Waals surface area contributed by atoms with E-state index in [1.54, 1.807) is 60.7 Å². The van der Waals surface area contributed by atoms with Gasteiger partial charge in [0.1, 0.15) is 0 Å². The van der Waals surface area contributed by atoms with Crippen molar-refractivity contribution in [2.75, 3.05) is 0 Å². The number of hydrogen-bond donors (Lipinski definition) is 0. The molecule has 2 aromatic carbocycles. The summed E-state index contributed by atoms with van der Waals surface area (Å²) in [6, 6.07) is 16.9. The van der Waals surface area contributed by atoms with Gasteiger partial charge in [0.25, 0.3) is 5.92 Å². The smallest absolute Gasteiger partial charge is 0.196 e. The van der Waals surface area contributed by atoms with Crippen molar-refractivity contribution in [1.29, 1.82) is 0 Å². The van der Waals surface area contributed by atoms with Crippen LogP contribution in [0.5, 0.6) is 0 Å². The predicted octanol–water partition coefficient (Wildman–Crippen LogP) is 5.05. The van der Waals surface area contributed by atoms with Crippen molar-refractivity contribution in [3.63, 3.8) is 0 Å². The van der Waals surface area contributed by atoms with Crippen LogP contribution >= 0.6 is 0 Å². The molecule has 0 aliphatic rings. The third-order valence-electron chi connectivity index (χ3n) is 3.00. The first-order valence-corrected chi connectivity index (χ1v) is 5.91. The van der Waals surface area contributed by atoms with E-state index >= 15 is 0 Å². The monoisotopic (exact) mass is 256 g/mol. The SMILES string of the molecule is C=C(c1ccccc1)C(F)(F)C(=C)c1ccccc1. The number of hydrogen-bond acceptors (Lipinski definition) is 0. The summed E-state index contributed by atoms with van der Waals surface area (Å²) in [7, 11) is 0. The summed E-state index contributed by atoms with van der Waals surface area (Å²) in [5.74, 6) is -3.16. The summed E-state index contributed by atoms with van der Waals surface area (Å²) in [5, 5.41) is 0. The van der Waals surface area contributed by atoms with Crippen molar-refractivity contribution in [2.45, 2.75) is 5.92 Å². The molecule has 0 saturated carbocycles. The minimum absolute atomic E-state index is 0.234. The Kier molecular flexibility index (Phi) is 3.61. The van der Waals surface area contributed by atoms with Gasteiger partial charge in [-0.2, -0.15) is 8.78 Å². The number of halogens is 2. The molecule has 0 bridgehead atoms. The van der Waals surface area contributed by atoms with E-state index in [4.69, 9.17) is 0 Å². The van der Waals surface area contributed by atoms with E-state index in [0.29, 0.717) is 11.1 Å². The number of alkyl halides is 2. The molecule has 0 amide bonds. The van der Waals surface area contributed by atoms with Crippen LogP contribution in [0.25, 0.3) is 11.1 Å². The first-order valence-electron chi connectivity index (χ1n) is 5.91. The second-order valence-electron chi connectivity index (χ2n) is 4.26. The normalized spacial score (nSPS) is 11.1. The molecule has 0 saturated heterocycles. The summed E-state index contributed by atoms with van der Waals surface area (Å²) in [5.41, 5.74) is 0.373. The van der Waals surface area contributed by atoms with Gasteiger partial charge >= 0.3 is 0 Å². The molecule has 0 spiro atoms. The van der Waals surface area contributed by atoms with Gasteiger partial charge in [-0.1, -0.05) is 73.8 Å². The standard InChI is InChI=1S/C17H14F2/c1-13(15-9-5-3-6-10-15)17(18,19)14(2)16-11-7-4-8-12-16/h3-12H,1-2H2. The van der Waals surface area contributed by atoms with Crippen molar-refractivity contribution in [3.05, 3.63) is 84.9 Å². The minimum Gasteiger partial charge on any atom is -0.196 e. The van der Waals surface area contributed by atoms with Gasteiger partial charge < -0.3 is 0 Å². The van der Waals surface area contributed by atoms with E-state index in [0.717, 1.165) is 0 Å². The summed E-state index contributed by atoms with van der Waals surface area (Å²) in [6.07, 6.45) is 0. The molecule has 0 heterocycles. The van der Waals surface area contributed by atoms with Gasteiger partial charge in [0, 0.05) is 11.1 Å². The molecule has 0 radical (unpaired) electrons. The molecule has 0 unspecified atom stereocenters. The van der Waals surface area contributed by atoms with E-state index in [2.05, 4.69) is 13.2 Å². The number of rotatable bonds is 4. The van der Waals surface area contributed by atoms with Gasteiger partial charge in [0.2, 0.25) is 0 Å². The maximum absolute atomic E-state index is 14.4. The summed E-state index contributed by atoms with van der Waals surface area (Å²) < 4.78 is 28.8. The molecule has 0 aliphatic carbocycles. The molecule has 2 rings (SSSR count). The summed E-state index contributed by atoms with van der Waals surface area (Å²) >= 11 is 0. The van der Waals surface area contributed by atoms with Crippen molar-refractivity contribution in [1.82, 2.24) is 0 Å². The molecular weight excluding hydrogens is 242 g/mol. The average Bonchev–Trinajstić information content (AvgIpc) is 2.47. The highest BCUT2D eigenvalue weighted by Crippen LogP contribution is 2.41. The molecule has 0 fully saturated rings. The van der Waals surface area contributed by atoms with Gasteiger partial charge in [-0.15, -0.1) is 0 Å². The van der Waals surface area contributed by atoms with Crippen LogP contribution in [0.15, 0.2) is 73.8 Å². The van der Waals surface area contributed by atoms with Crippen LogP contribution in [0.2, 0.25) is 0 Å². The van der Waals surface area contributed by atoms with E-state index in [1.807, 2.05) is 0 Å². The van der Waals surface area contributed by atoms with Gasteiger partial charge in [0.15, 0.2) is 0 Å². The van der Waals surface area contributed by atoms with E-state index in [1.165, 1.54) is 0 Å². The van der Waals surface area contributed by atoms with Crippen molar-refractivity contribution >= 4 is 11.1 Å². The Labute approximate surface area is 111 Å². The topological polar surface area (TPSA) is 0 Å². The lowest BCUT2D eigenvalue weighted by molar-refractivity contribution is 0.135. The van der Waals surface area contributed by atoms with Crippen LogP contribution < -0.4 is 0 Å². The fraction of sp³-hybridized carbons (Fsp3) is 0.0588. The van der Waals surface area contributed by atoms with Crippen LogP contribution in [-0.2, 0) is 0 Å². The van der Waals surface area contributed by atoms with Crippen molar-refractivity contribution in [3.8, 4) is 0 Å². The van der Waals surface area contributed by atoms with E-state index < -0.39 is 5.92 Å². The molecule has 19 heavy (non-hydrogen) atoms. The van der Waals surface area contributed by atoms with Crippen molar-refractivity contribution < 1.29 is 8.78 Å². The Morgan fingerprint density at radius 1 is 0.684 bits per heavy atom. The maximum Gasteiger partial charge on any atom is 0.298 e. The fourth-order valence-corrected chi connectivity index (χ4v) is 1.82. The Bertz CT molecular complexity index is 530. The van der Waals surface area contributed by atoms with Crippen LogP contribution in [-0.4, -0.2) is 5.92 Å². The number of allylic oxidation sites excluding steroid dienone is 2. The fourth-order valence-electron chi connectivity index (χ4n) is 1.82. The summed E-state index contributed by atoms with van der Waals surface area (Å²) in [6.45, 7) is 7.06. The van der Waals surface area contributed by atoms with Gasteiger partial charge in [-0.3, -0.25) is 0 Å². The second kappa shape index (κ2) is 5.19. The lowest BCUT2D eigenvalue weighted by Gasteiger charge is -2.22. The molecule has 96 valence electrons. The molecule has 2 aromatic rings. The first kappa shape index (κ1) is 13.2. The maximum atomic E-state index is 14.4. The highest BCUT2D eigenvalue weighted by Gasteiger charge is 2.37. The zero-order chi connectivity index (χ0) is 13.9. The zero-order valence-corrected chi connectivity index (χ0v) is 10.4. The third kappa shape index (κ3) is 2.63. The highest BCUT2D eigenvalue weighted by atomic mass is 19.3. The average molecular weight is 256 g/mol. The third-order valence-corrected chi connectivity index (χ3v) is 3.00. The first-order chi connectivity index (χ1) is 9.03. The van der Waals surface area contributed by atoms with Gasteiger partial charge in [0.05, 0.1) is 0 Å². The van der Waals surface area contributed by atoms with Gasteiger partial charge in [-0.25, -0.2) is 0 Å². The second-order valence-corrected chi connectivity index (χ2v) is 4.26. The molecule has 0 aliphatic heterocycles. The lowest BCUT2D eigenvalue weighted by atomic mass is 9.92. The molecule has 0 atom stereocenters. The van der Waals surface area contributed by atoms with Crippen LogP contribution in [0, 0.1) is 0 Å². The Balaban J connectivity index is 2.33. The van der Waals surface area contributed by atoms with E-state index in [9.17, 15) is 8.78 Å². The lowest BCUT2D eigenvalue weighted by Crippen LogP contribution is -2.19. The molecular formula is C17H14F2. The zero-order valence-electron chi connectivity index (χ0n) is 10.4. The molecule has 0 nitrogen and oxygen atoms in total. The van der Waals surface area contributed by atoms with E-state index in [-0.39, 0.29) is 11.1 Å². The molecule has 0 aromatic heterocycles. The quantitative estimate of drug-likeness (QED) is 0.718. The largest absolute Gasteiger partial charge is 0.298 e. The van der Waals surface area contributed by atoms with Gasteiger partial charge in [-0.05, 0) is 11.1 Å². The summed E-state index contributed by atoms with van der Waals surface area (Å²) in [4.78, 5) is 0. The predicted molar refractivity (Wildman–Crippen MR) is 75.9 cm³/mol. The van der Waals surface area contributed by atoms with Crippen LogP contribution in [0.1, 0.15) is 11.1 Å². The Morgan fingerprint density at radius 3 is 1.32 bits per heavy atom. The number of benzene rings is 2. The van der Waals surface area contributed by atoms with Crippen molar-refractivity contribution in [2.24, 2.45) is 0 Å². The van der Waals surface area contributed by atoms with Crippen LogP contribution in [0.3, 0.4) is 0 Å². The highest BCUT2D eigenvalue weighted by molar-refractivity contribution is 5.85. The molecule has 2 heteroatoms. The minimum atomic E-state index is -3.16. The Morgan fingerprint density at radius 2 is 1.00 bits per heavy atom. The Hall–Kier alpha value is -2.22. The van der Waals surface area contributed by atoms with Crippen LogP contribution in [0.4, 0.5) is 8.78 Å². The molecule has 0 N–H and O–H groups in total.